The van der Waals surface area contributed by atoms with Crippen LogP contribution < -0.4 is 0 Å². The SMILES string of the molecule is CC.CC1=CC(N(O)C=O)CN(C)C1. The molecule has 4 nitrogen and oxygen atoms in total. The van der Waals surface area contributed by atoms with Crippen LogP contribution in [0.5, 0.6) is 0 Å². The summed E-state index contributed by atoms with van der Waals surface area (Å²) >= 11 is 0. The van der Waals surface area contributed by atoms with Gasteiger partial charge in [0.25, 0.3) is 0 Å². The second-order valence-electron chi connectivity index (χ2n) is 3.26. The summed E-state index contributed by atoms with van der Waals surface area (Å²) in [7, 11) is 1.96. The van der Waals surface area contributed by atoms with Crippen molar-refractivity contribution >= 4 is 6.41 Å². The molecule has 1 atom stereocenters. The van der Waals surface area contributed by atoms with E-state index in [2.05, 4.69) is 4.90 Å². The molecule has 1 N–H and O–H groups in total. The minimum Gasteiger partial charge on any atom is -0.300 e. The van der Waals surface area contributed by atoms with Crippen LogP contribution >= 0.6 is 0 Å². The van der Waals surface area contributed by atoms with Crippen LogP contribution in [0.25, 0.3) is 0 Å². The standard InChI is InChI=1S/C8H14N2O2.C2H6/c1-7-3-8(10(12)6-11)5-9(2)4-7;1-2/h3,6,8,12H,4-5H2,1-2H3;1-2H3. The van der Waals surface area contributed by atoms with E-state index in [0.717, 1.165) is 6.54 Å². The molecule has 0 aromatic rings. The molecule has 14 heavy (non-hydrogen) atoms. The molecule has 0 fully saturated rings. The molecule has 1 aliphatic heterocycles. The maximum absolute atomic E-state index is 10.2. The van der Waals surface area contributed by atoms with Gasteiger partial charge in [-0.3, -0.25) is 14.9 Å². The molecule has 1 rings (SSSR count). The van der Waals surface area contributed by atoms with Crippen molar-refractivity contribution < 1.29 is 10.0 Å². The number of hydrogen-bond acceptors (Lipinski definition) is 3. The summed E-state index contributed by atoms with van der Waals surface area (Å²) in [6.07, 6.45) is 2.35. The minimum atomic E-state index is -0.193. The maximum Gasteiger partial charge on any atom is 0.233 e. The topological polar surface area (TPSA) is 43.8 Å². The monoisotopic (exact) mass is 200 g/mol. The molecule has 4 heteroatoms. The second kappa shape index (κ2) is 6.56. The number of hydrogen-bond donors (Lipinski definition) is 1. The van der Waals surface area contributed by atoms with Crippen molar-refractivity contribution in [2.45, 2.75) is 26.8 Å². The van der Waals surface area contributed by atoms with Gasteiger partial charge in [0.15, 0.2) is 0 Å². The van der Waals surface area contributed by atoms with Crippen molar-refractivity contribution in [2.75, 3.05) is 20.1 Å². The Morgan fingerprint density at radius 3 is 2.64 bits per heavy atom. The lowest BCUT2D eigenvalue weighted by atomic mass is 10.1. The van der Waals surface area contributed by atoms with Crippen LogP contribution in [-0.2, 0) is 4.79 Å². The molecule has 0 bridgehead atoms. The van der Waals surface area contributed by atoms with Crippen LogP contribution in [0.15, 0.2) is 11.6 Å². The van der Waals surface area contributed by atoms with Crippen molar-refractivity contribution in [1.29, 1.82) is 0 Å². The molecule has 0 saturated carbocycles. The van der Waals surface area contributed by atoms with Crippen molar-refractivity contribution in [2.24, 2.45) is 0 Å². The van der Waals surface area contributed by atoms with Crippen LogP contribution in [-0.4, -0.2) is 47.8 Å². The first-order valence-corrected chi connectivity index (χ1v) is 4.92. The number of carbonyl (C=O) groups excluding carboxylic acids is 1. The quantitative estimate of drug-likeness (QED) is 0.314. The van der Waals surface area contributed by atoms with E-state index in [9.17, 15) is 4.79 Å². The Morgan fingerprint density at radius 2 is 2.21 bits per heavy atom. The van der Waals surface area contributed by atoms with E-state index >= 15 is 0 Å². The van der Waals surface area contributed by atoms with Crippen molar-refractivity contribution in [3.8, 4) is 0 Å². The zero-order valence-corrected chi connectivity index (χ0v) is 9.40. The molecule has 0 aliphatic carbocycles. The first-order valence-electron chi connectivity index (χ1n) is 4.92. The third-order valence-electron chi connectivity index (χ3n) is 1.94. The van der Waals surface area contributed by atoms with Gasteiger partial charge in [-0.25, -0.2) is 5.06 Å². The predicted octanol–water partition coefficient (Wildman–Crippen LogP) is 1.12. The summed E-state index contributed by atoms with van der Waals surface area (Å²) in [5, 5.41) is 9.82. The Hall–Kier alpha value is -0.870. The fourth-order valence-electron chi connectivity index (χ4n) is 1.48. The van der Waals surface area contributed by atoms with Gasteiger partial charge in [-0.2, -0.15) is 0 Å². The first kappa shape index (κ1) is 13.1. The van der Waals surface area contributed by atoms with Gasteiger partial charge < -0.3 is 0 Å². The molecule has 1 amide bonds. The van der Waals surface area contributed by atoms with Crippen molar-refractivity contribution in [3.05, 3.63) is 11.6 Å². The zero-order valence-electron chi connectivity index (χ0n) is 9.40. The average Bonchev–Trinajstić information content (AvgIpc) is 2.18. The lowest BCUT2D eigenvalue weighted by Crippen LogP contribution is -2.43. The van der Waals surface area contributed by atoms with E-state index < -0.39 is 0 Å². The van der Waals surface area contributed by atoms with Gasteiger partial charge in [0, 0.05) is 13.1 Å². The number of likely N-dealkylation sites (N-methyl/N-ethyl adjacent to an activating group) is 1. The van der Waals surface area contributed by atoms with Gasteiger partial charge in [-0.15, -0.1) is 0 Å². The van der Waals surface area contributed by atoms with Gasteiger partial charge >= 0.3 is 0 Å². The molecular formula is C10H20N2O2. The van der Waals surface area contributed by atoms with E-state index in [1.807, 2.05) is 33.9 Å². The van der Waals surface area contributed by atoms with Gasteiger partial charge in [0.05, 0.1) is 6.04 Å². The van der Waals surface area contributed by atoms with E-state index in [0.29, 0.717) is 18.0 Å². The van der Waals surface area contributed by atoms with E-state index in [1.165, 1.54) is 5.57 Å². The van der Waals surface area contributed by atoms with Crippen LogP contribution in [0, 0.1) is 0 Å². The summed E-state index contributed by atoms with van der Waals surface area (Å²) in [5.41, 5.74) is 1.18. The lowest BCUT2D eigenvalue weighted by molar-refractivity contribution is -0.157. The maximum atomic E-state index is 10.2. The summed E-state index contributed by atoms with van der Waals surface area (Å²) in [6, 6.07) is -0.193. The zero-order chi connectivity index (χ0) is 11.1. The molecular weight excluding hydrogens is 180 g/mol. The van der Waals surface area contributed by atoms with E-state index in [4.69, 9.17) is 5.21 Å². The Labute approximate surface area is 85.8 Å². The molecule has 0 radical (unpaired) electrons. The molecule has 1 heterocycles. The number of rotatable bonds is 2. The fraction of sp³-hybridized carbons (Fsp3) is 0.700. The van der Waals surface area contributed by atoms with Crippen molar-refractivity contribution in [3.63, 3.8) is 0 Å². The Kier molecular flexibility index (Phi) is 6.16. The Morgan fingerprint density at radius 1 is 1.64 bits per heavy atom. The fourth-order valence-corrected chi connectivity index (χ4v) is 1.48. The molecule has 0 spiro atoms. The number of hydroxylamine groups is 2. The molecule has 0 aromatic heterocycles. The minimum absolute atomic E-state index is 0.193. The first-order chi connectivity index (χ1) is 6.63. The van der Waals surface area contributed by atoms with E-state index in [-0.39, 0.29) is 6.04 Å². The Bertz CT molecular complexity index is 204. The van der Waals surface area contributed by atoms with Gasteiger partial charge in [-0.05, 0) is 14.0 Å². The van der Waals surface area contributed by atoms with Crippen LogP contribution in [0.4, 0.5) is 0 Å². The van der Waals surface area contributed by atoms with Crippen LogP contribution in [0.1, 0.15) is 20.8 Å². The highest BCUT2D eigenvalue weighted by molar-refractivity contribution is 5.46. The average molecular weight is 200 g/mol. The molecule has 1 unspecified atom stereocenters. The highest BCUT2D eigenvalue weighted by Gasteiger charge is 2.19. The van der Waals surface area contributed by atoms with Gasteiger partial charge in [0.2, 0.25) is 6.41 Å². The highest BCUT2D eigenvalue weighted by Crippen LogP contribution is 2.10. The number of nitrogens with zero attached hydrogens (tertiary/aromatic N) is 2. The molecule has 0 aromatic carbocycles. The lowest BCUT2D eigenvalue weighted by Gasteiger charge is -2.30. The molecule has 0 saturated heterocycles. The smallest absolute Gasteiger partial charge is 0.233 e. The molecule has 1 aliphatic rings. The number of amides is 1. The normalized spacial score (nSPS) is 21.8. The summed E-state index contributed by atoms with van der Waals surface area (Å²) in [4.78, 5) is 12.3. The summed E-state index contributed by atoms with van der Waals surface area (Å²) < 4.78 is 0. The van der Waals surface area contributed by atoms with Gasteiger partial charge in [-0.1, -0.05) is 25.5 Å². The largest absolute Gasteiger partial charge is 0.300 e. The van der Waals surface area contributed by atoms with E-state index in [1.54, 1.807) is 0 Å². The summed E-state index contributed by atoms with van der Waals surface area (Å²) in [6.45, 7) is 7.58. The third kappa shape index (κ3) is 3.89. The second-order valence-corrected chi connectivity index (χ2v) is 3.26. The molecule has 82 valence electrons. The van der Waals surface area contributed by atoms with Crippen LogP contribution in [0.2, 0.25) is 0 Å². The van der Waals surface area contributed by atoms with Crippen molar-refractivity contribution in [1.82, 2.24) is 9.96 Å². The van der Waals surface area contributed by atoms with Crippen LogP contribution in [0.3, 0.4) is 0 Å². The van der Waals surface area contributed by atoms with Gasteiger partial charge in [0.1, 0.15) is 0 Å². The summed E-state index contributed by atoms with van der Waals surface area (Å²) in [5.74, 6) is 0. The third-order valence-corrected chi connectivity index (χ3v) is 1.94. The highest BCUT2D eigenvalue weighted by atomic mass is 16.5. The number of carbonyl (C=O) groups is 1. The predicted molar refractivity (Wildman–Crippen MR) is 56.1 cm³/mol. The Balaban J connectivity index is 0.000000791.